The predicted octanol–water partition coefficient (Wildman–Crippen LogP) is 0.968. The Morgan fingerprint density at radius 3 is 2.87 bits per heavy atom. The molecule has 1 amide bonds. The van der Waals surface area contributed by atoms with Gasteiger partial charge in [-0.15, -0.1) is 0 Å². The lowest BCUT2D eigenvalue weighted by atomic mass is 9.96. The third-order valence-electron chi connectivity index (χ3n) is 4.76. The van der Waals surface area contributed by atoms with Crippen LogP contribution in [0.1, 0.15) is 24.1 Å². The van der Waals surface area contributed by atoms with Crippen LogP contribution in [0.4, 0.5) is 0 Å². The molecule has 1 unspecified atom stereocenters. The number of rotatable bonds is 3. The third kappa shape index (κ3) is 3.74. The van der Waals surface area contributed by atoms with Crippen molar-refractivity contribution in [2.24, 2.45) is 13.0 Å². The Balaban J connectivity index is 1.59. The highest BCUT2D eigenvalue weighted by atomic mass is 16.5. The van der Waals surface area contributed by atoms with E-state index in [9.17, 15) is 4.79 Å². The molecule has 2 fully saturated rings. The van der Waals surface area contributed by atoms with Gasteiger partial charge >= 0.3 is 0 Å². The van der Waals surface area contributed by atoms with Crippen LogP contribution in [0.25, 0.3) is 0 Å². The minimum absolute atomic E-state index is 0.0981. The molecule has 2 aliphatic rings. The zero-order valence-electron chi connectivity index (χ0n) is 13.7. The smallest absolute Gasteiger partial charge is 0.227 e. The molecule has 0 radical (unpaired) electrons. The van der Waals surface area contributed by atoms with Crippen LogP contribution in [0.3, 0.4) is 0 Å². The number of morpholine rings is 1. The van der Waals surface area contributed by atoms with Crippen molar-refractivity contribution in [1.29, 1.82) is 5.26 Å². The zero-order valence-corrected chi connectivity index (χ0v) is 13.7. The first-order valence-electron chi connectivity index (χ1n) is 8.31. The number of nitrogens with zero attached hydrogens (tertiary/aromatic N) is 4. The summed E-state index contributed by atoms with van der Waals surface area (Å²) < 4.78 is 7.19. The van der Waals surface area contributed by atoms with Crippen molar-refractivity contribution in [3.8, 4) is 6.07 Å². The van der Waals surface area contributed by atoms with Crippen molar-refractivity contribution >= 4 is 5.91 Å². The van der Waals surface area contributed by atoms with Gasteiger partial charge in [0, 0.05) is 39.4 Å². The Morgan fingerprint density at radius 2 is 2.17 bits per heavy atom. The van der Waals surface area contributed by atoms with E-state index < -0.39 is 0 Å². The molecule has 0 aromatic carbocycles. The van der Waals surface area contributed by atoms with Crippen LogP contribution in [-0.2, 0) is 23.1 Å². The Hall–Kier alpha value is -1.84. The third-order valence-corrected chi connectivity index (χ3v) is 4.76. The minimum atomic E-state index is 0.0981. The van der Waals surface area contributed by atoms with E-state index in [-0.39, 0.29) is 11.8 Å². The molecular formula is C17H24N4O2. The van der Waals surface area contributed by atoms with Gasteiger partial charge in [-0.25, -0.2) is 0 Å². The molecule has 0 spiro atoms. The average molecular weight is 316 g/mol. The SMILES string of the molecule is Cn1cc(CN2CCCC(C(=O)N3CCOCC3)C2)cc1C#N. The van der Waals surface area contributed by atoms with E-state index in [1.807, 2.05) is 28.8 Å². The number of piperidine rings is 1. The molecule has 23 heavy (non-hydrogen) atoms. The number of likely N-dealkylation sites (tertiary alicyclic amines) is 1. The van der Waals surface area contributed by atoms with E-state index in [0.29, 0.717) is 18.9 Å². The van der Waals surface area contributed by atoms with Gasteiger partial charge in [0.15, 0.2) is 0 Å². The fraction of sp³-hybridized carbons (Fsp3) is 0.647. The van der Waals surface area contributed by atoms with Gasteiger partial charge in [-0.2, -0.15) is 5.26 Å². The quantitative estimate of drug-likeness (QED) is 0.833. The van der Waals surface area contributed by atoms with Crippen LogP contribution < -0.4 is 0 Å². The van der Waals surface area contributed by atoms with Gasteiger partial charge in [0.2, 0.25) is 5.91 Å². The number of aromatic nitrogens is 1. The molecule has 3 rings (SSSR count). The Kier molecular flexibility index (Phi) is 4.99. The lowest BCUT2D eigenvalue weighted by Crippen LogP contribution is -2.48. The largest absolute Gasteiger partial charge is 0.378 e. The van der Waals surface area contributed by atoms with E-state index in [2.05, 4.69) is 11.0 Å². The van der Waals surface area contributed by atoms with Crippen molar-refractivity contribution < 1.29 is 9.53 Å². The normalized spacial score (nSPS) is 22.8. The molecule has 6 nitrogen and oxygen atoms in total. The Morgan fingerprint density at radius 1 is 1.39 bits per heavy atom. The molecule has 0 N–H and O–H groups in total. The maximum absolute atomic E-state index is 12.7. The van der Waals surface area contributed by atoms with Gasteiger partial charge in [0.1, 0.15) is 11.8 Å². The maximum Gasteiger partial charge on any atom is 0.227 e. The fourth-order valence-corrected chi connectivity index (χ4v) is 3.53. The summed E-state index contributed by atoms with van der Waals surface area (Å²) >= 11 is 0. The summed E-state index contributed by atoms with van der Waals surface area (Å²) in [6, 6.07) is 4.13. The number of hydrogen-bond donors (Lipinski definition) is 0. The lowest BCUT2D eigenvalue weighted by molar-refractivity contribution is -0.141. The van der Waals surface area contributed by atoms with Crippen molar-refractivity contribution in [3.05, 3.63) is 23.5 Å². The van der Waals surface area contributed by atoms with E-state index in [1.54, 1.807) is 0 Å². The molecule has 1 atom stereocenters. The number of nitriles is 1. The lowest BCUT2D eigenvalue weighted by Gasteiger charge is -2.36. The summed E-state index contributed by atoms with van der Waals surface area (Å²) in [6.07, 6.45) is 4.04. The summed E-state index contributed by atoms with van der Waals surface area (Å²) in [5, 5.41) is 9.05. The predicted molar refractivity (Wildman–Crippen MR) is 85.5 cm³/mol. The molecule has 1 aromatic rings. The van der Waals surface area contributed by atoms with Crippen LogP contribution in [0.5, 0.6) is 0 Å². The molecule has 124 valence electrons. The van der Waals surface area contributed by atoms with E-state index >= 15 is 0 Å². The highest BCUT2D eigenvalue weighted by molar-refractivity contribution is 5.79. The van der Waals surface area contributed by atoms with E-state index in [4.69, 9.17) is 10.00 Å². The molecule has 0 bridgehead atoms. The molecule has 6 heteroatoms. The summed E-state index contributed by atoms with van der Waals surface area (Å²) in [5.74, 6) is 0.379. The maximum atomic E-state index is 12.7. The van der Waals surface area contributed by atoms with Crippen LogP contribution in [0, 0.1) is 17.2 Å². The van der Waals surface area contributed by atoms with Crippen molar-refractivity contribution in [2.75, 3.05) is 39.4 Å². The number of aryl methyl sites for hydroxylation is 1. The van der Waals surface area contributed by atoms with Crippen molar-refractivity contribution in [1.82, 2.24) is 14.4 Å². The van der Waals surface area contributed by atoms with Gasteiger partial charge in [-0.05, 0) is 31.0 Å². The van der Waals surface area contributed by atoms with E-state index in [1.165, 1.54) is 0 Å². The van der Waals surface area contributed by atoms with Gasteiger partial charge in [-0.1, -0.05) is 0 Å². The summed E-state index contributed by atoms with van der Waals surface area (Å²) in [7, 11) is 1.89. The number of amides is 1. The topological polar surface area (TPSA) is 61.5 Å². The zero-order chi connectivity index (χ0) is 16.2. The van der Waals surface area contributed by atoms with Gasteiger partial charge in [-0.3, -0.25) is 9.69 Å². The monoisotopic (exact) mass is 316 g/mol. The van der Waals surface area contributed by atoms with Gasteiger partial charge in [0.05, 0.1) is 19.1 Å². The number of carbonyl (C=O) groups excluding carboxylic acids is 1. The second-order valence-electron chi connectivity index (χ2n) is 6.47. The summed E-state index contributed by atoms with van der Waals surface area (Å²) in [4.78, 5) is 16.9. The minimum Gasteiger partial charge on any atom is -0.378 e. The average Bonchev–Trinajstić information content (AvgIpc) is 2.94. The second kappa shape index (κ2) is 7.16. The highest BCUT2D eigenvalue weighted by Crippen LogP contribution is 2.21. The van der Waals surface area contributed by atoms with Gasteiger partial charge < -0.3 is 14.2 Å². The van der Waals surface area contributed by atoms with Crippen molar-refractivity contribution in [2.45, 2.75) is 19.4 Å². The fourth-order valence-electron chi connectivity index (χ4n) is 3.53. The second-order valence-corrected chi connectivity index (χ2v) is 6.47. The Labute approximate surface area is 137 Å². The molecule has 2 aliphatic heterocycles. The molecule has 0 saturated carbocycles. The van der Waals surface area contributed by atoms with Crippen LogP contribution in [0.15, 0.2) is 12.3 Å². The highest BCUT2D eigenvalue weighted by Gasteiger charge is 2.30. The molecule has 1 aromatic heterocycles. The van der Waals surface area contributed by atoms with Crippen LogP contribution in [0.2, 0.25) is 0 Å². The first-order valence-corrected chi connectivity index (χ1v) is 8.31. The first kappa shape index (κ1) is 16.0. The van der Waals surface area contributed by atoms with Crippen molar-refractivity contribution in [3.63, 3.8) is 0 Å². The molecule has 3 heterocycles. The molecule has 0 aliphatic carbocycles. The van der Waals surface area contributed by atoms with E-state index in [0.717, 1.165) is 51.1 Å². The van der Waals surface area contributed by atoms with Crippen LogP contribution in [-0.4, -0.2) is 59.7 Å². The first-order chi connectivity index (χ1) is 11.2. The molecular weight excluding hydrogens is 292 g/mol. The Bertz CT molecular complexity index is 598. The standard InChI is InChI=1S/C17H24N4O2/c1-19-11-14(9-16(19)10-18)12-20-4-2-3-15(13-20)17(22)21-5-7-23-8-6-21/h9,11,15H,2-8,12-13H2,1H3. The number of ether oxygens (including phenoxy) is 1. The van der Waals surface area contributed by atoms with Crippen LogP contribution >= 0.6 is 0 Å². The number of hydrogen-bond acceptors (Lipinski definition) is 4. The summed E-state index contributed by atoms with van der Waals surface area (Å²) in [5.41, 5.74) is 1.82. The number of carbonyl (C=O) groups is 1. The summed E-state index contributed by atoms with van der Waals surface area (Å²) in [6.45, 7) is 5.39. The van der Waals surface area contributed by atoms with Gasteiger partial charge in [0.25, 0.3) is 0 Å². The molecule has 2 saturated heterocycles.